The number of imide groups is 1. The second-order valence-electron chi connectivity index (χ2n) is 8.29. The Labute approximate surface area is 188 Å². The molecule has 0 radical (unpaired) electrons. The summed E-state index contributed by atoms with van der Waals surface area (Å²) in [7, 11) is 1.32. The minimum absolute atomic E-state index is 0.182. The average Bonchev–Trinajstić information content (AvgIpc) is 3.13. The molecule has 2 fully saturated rings. The second-order valence-corrected chi connectivity index (χ2v) is 8.29. The van der Waals surface area contributed by atoms with E-state index in [0.29, 0.717) is 11.3 Å². The summed E-state index contributed by atoms with van der Waals surface area (Å²) in [5.41, 5.74) is 2.24. The summed E-state index contributed by atoms with van der Waals surface area (Å²) in [5.74, 6) is -0.829. The van der Waals surface area contributed by atoms with Crippen LogP contribution in [0.15, 0.2) is 54.6 Å². The molecule has 0 saturated carbocycles. The lowest BCUT2D eigenvalue weighted by Crippen LogP contribution is -2.52. The van der Waals surface area contributed by atoms with Gasteiger partial charge in [-0.2, -0.15) is 0 Å². The van der Waals surface area contributed by atoms with Crippen LogP contribution >= 0.6 is 0 Å². The molecule has 168 valence electrons. The zero-order valence-electron chi connectivity index (χ0n) is 18.4. The number of amides is 2. The third-order valence-corrected chi connectivity index (χ3v) is 6.30. The lowest BCUT2D eigenvalue weighted by atomic mass is 10.1. The van der Waals surface area contributed by atoms with Crippen molar-refractivity contribution in [1.82, 2.24) is 9.80 Å². The number of carbonyl (C=O) groups is 3. The van der Waals surface area contributed by atoms with Gasteiger partial charge in [0.25, 0.3) is 5.91 Å². The van der Waals surface area contributed by atoms with Gasteiger partial charge in [-0.1, -0.05) is 30.3 Å². The highest BCUT2D eigenvalue weighted by molar-refractivity contribution is 6.22. The van der Waals surface area contributed by atoms with Crippen LogP contribution in [-0.2, 0) is 20.7 Å². The van der Waals surface area contributed by atoms with Crippen LogP contribution in [0.3, 0.4) is 0 Å². The molecule has 2 aromatic carbocycles. The Balaban J connectivity index is 1.29. The van der Waals surface area contributed by atoms with E-state index in [1.165, 1.54) is 17.6 Å². The number of hydrogen-bond donors (Lipinski definition) is 0. The van der Waals surface area contributed by atoms with Crippen molar-refractivity contribution in [2.45, 2.75) is 25.3 Å². The van der Waals surface area contributed by atoms with Crippen molar-refractivity contribution in [3.8, 4) is 0 Å². The summed E-state index contributed by atoms with van der Waals surface area (Å²) >= 11 is 0. The van der Waals surface area contributed by atoms with Crippen LogP contribution in [0.4, 0.5) is 5.69 Å². The Bertz CT molecular complexity index is 953. The van der Waals surface area contributed by atoms with Gasteiger partial charge in [-0.3, -0.25) is 14.5 Å². The fraction of sp³-hybridized carbons (Fsp3) is 0.400. The minimum atomic E-state index is -0.449. The fourth-order valence-electron chi connectivity index (χ4n) is 4.49. The second kappa shape index (κ2) is 10.1. The van der Waals surface area contributed by atoms with Crippen molar-refractivity contribution in [1.29, 1.82) is 0 Å². The van der Waals surface area contributed by atoms with Gasteiger partial charge in [-0.15, -0.1) is 0 Å². The quantitative estimate of drug-likeness (QED) is 0.491. The van der Waals surface area contributed by atoms with Gasteiger partial charge >= 0.3 is 5.97 Å². The van der Waals surface area contributed by atoms with Crippen molar-refractivity contribution in [2.75, 3.05) is 44.7 Å². The number of methoxy groups -OCH3 is 1. The first kappa shape index (κ1) is 22.2. The van der Waals surface area contributed by atoms with E-state index in [1.54, 1.807) is 24.3 Å². The smallest absolute Gasteiger partial charge is 0.337 e. The molecular formula is C25H29N3O4. The highest BCUT2D eigenvalue weighted by atomic mass is 16.5. The zero-order valence-corrected chi connectivity index (χ0v) is 18.4. The van der Waals surface area contributed by atoms with E-state index in [1.807, 2.05) is 6.07 Å². The highest BCUT2D eigenvalue weighted by Crippen LogP contribution is 2.27. The molecular weight excluding hydrogens is 406 g/mol. The minimum Gasteiger partial charge on any atom is -0.465 e. The Morgan fingerprint density at radius 3 is 2.31 bits per heavy atom. The van der Waals surface area contributed by atoms with E-state index in [-0.39, 0.29) is 18.2 Å². The van der Waals surface area contributed by atoms with Crippen LogP contribution in [-0.4, -0.2) is 73.5 Å². The van der Waals surface area contributed by atoms with E-state index < -0.39 is 12.0 Å². The van der Waals surface area contributed by atoms with E-state index in [9.17, 15) is 14.4 Å². The summed E-state index contributed by atoms with van der Waals surface area (Å²) in [6.07, 6.45) is 2.38. The van der Waals surface area contributed by atoms with Gasteiger partial charge in [0.15, 0.2) is 0 Å². The molecule has 2 aromatic rings. The normalized spacial score (nSPS) is 20.0. The average molecular weight is 436 g/mol. The molecule has 0 spiro atoms. The van der Waals surface area contributed by atoms with Crippen molar-refractivity contribution in [3.05, 3.63) is 65.7 Å². The monoisotopic (exact) mass is 435 g/mol. The van der Waals surface area contributed by atoms with Crippen molar-refractivity contribution in [2.24, 2.45) is 0 Å². The third kappa shape index (κ3) is 4.89. The van der Waals surface area contributed by atoms with Gasteiger partial charge in [0.2, 0.25) is 5.91 Å². The number of rotatable bonds is 7. The number of nitrogens with zero attached hydrogens (tertiary/aromatic N) is 3. The first-order valence-electron chi connectivity index (χ1n) is 11.1. The Kier molecular flexibility index (Phi) is 6.97. The molecule has 2 amide bonds. The summed E-state index contributed by atoms with van der Waals surface area (Å²) < 4.78 is 4.70. The molecule has 4 rings (SSSR count). The Morgan fingerprint density at radius 2 is 1.66 bits per heavy atom. The highest BCUT2D eigenvalue weighted by Gasteiger charge is 2.43. The Morgan fingerprint density at radius 1 is 0.969 bits per heavy atom. The lowest BCUT2D eigenvalue weighted by molar-refractivity contribution is -0.123. The number of carbonyl (C=O) groups excluding carboxylic acids is 3. The standard InChI is InChI=1S/C25H29N3O4/c1-32-25(31)20-9-11-21(12-10-20)28-23(29)18-22(24(28)30)27-16-14-26(15-17-27)13-5-8-19-6-3-2-4-7-19/h2-4,6-7,9-12,22H,5,8,13-18H2,1H3/t22-/m0/s1. The number of ether oxygens (including phenoxy) is 1. The molecule has 2 aliphatic heterocycles. The number of piperazine rings is 1. The van der Waals surface area contributed by atoms with Gasteiger partial charge in [-0.05, 0) is 49.2 Å². The first-order chi connectivity index (χ1) is 15.6. The molecule has 0 aromatic heterocycles. The molecule has 1 atom stereocenters. The molecule has 0 bridgehead atoms. The van der Waals surface area contributed by atoms with Gasteiger partial charge < -0.3 is 9.64 Å². The van der Waals surface area contributed by atoms with Gasteiger partial charge in [0.05, 0.1) is 30.8 Å². The third-order valence-electron chi connectivity index (χ3n) is 6.30. The molecule has 0 aliphatic carbocycles. The molecule has 7 heteroatoms. The Hall–Kier alpha value is -3.03. The number of hydrogen-bond acceptors (Lipinski definition) is 6. The maximum atomic E-state index is 13.1. The summed E-state index contributed by atoms with van der Waals surface area (Å²) in [6, 6.07) is 16.5. The zero-order chi connectivity index (χ0) is 22.5. The molecule has 7 nitrogen and oxygen atoms in total. The van der Waals surface area contributed by atoms with E-state index in [4.69, 9.17) is 4.74 Å². The maximum Gasteiger partial charge on any atom is 0.337 e. The van der Waals surface area contributed by atoms with E-state index in [0.717, 1.165) is 45.6 Å². The topological polar surface area (TPSA) is 70.2 Å². The van der Waals surface area contributed by atoms with Crippen molar-refractivity contribution in [3.63, 3.8) is 0 Å². The van der Waals surface area contributed by atoms with Crippen LogP contribution in [0, 0.1) is 0 Å². The number of esters is 1. The number of aryl methyl sites for hydroxylation is 1. The van der Waals surface area contributed by atoms with Crippen molar-refractivity contribution >= 4 is 23.5 Å². The molecule has 0 unspecified atom stereocenters. The van der Waals surface area contributed by atoms with Crippen LogP contribution in [0.2, 0.25) is 0 Å². The molecule has 2 heterocycles. The fourth-order valence-corrected chi connectivity index (χ4v) is 4.49. The van der Waals surface area contributed by atoms with Crippen LogP contribution in [0.25, 0.3) is 0 Å². The lowest BCUT2D eigenvalue weighted by Gasteiger charge is -2.37. The largest absolute Gasteiger partial charge is 0.465 e. The maximum absolute atomic E-state index is 13.1. The summed E-state index contributed by atoms with van der Waals surface area (Å²) in [4.78, 5) is 43.1. The van der Waals surface area contributed by atoms with Gasteiger partial charge in [0.1, 0.15) is 0 Å². The van der Waals surface area contributed by atoms with Crippen LogP contribution in [0.5, 0.6) is 0 Å². The first-order valence-corrected chi connectivity index (χ1v) is 11.1. The van der Waals surface area contributed by atoms with Crippen LogP contribution < -0.4 is 4.90 Å². The number of benzene rings is 2. The van der Waals surface area contributed by atoms with Gasteiger partial charge in [-0.25, -0.2) is 9.69 Å². The molecule has 0 N–H and O–H groups in total. The van der Waals surface area contributed by atoms with E-state index >= 15 is 0 Å². The van der Waals surface area contributed by atoms with Crippen LogP contribution in [0.1, 0.15) is 28.8 Å². The molecule has 32 heavy (non-hydrogen) atoms. The van der Waals surface area contributed by atoms with Crippen molar-refractivity contribution < 1.29 is 19.1 Å². The molecule has 2 aliphatic rings. The predicted molar refractivity (Wildman–Crippen MR) is 121 cm³/mol. The number of anilines is 1. The summed E-state index contributed by atoms with van der Waals surface area (Å²) in [5, 5.41) is 0. The van der Waals surface area contributed by atoms with E-state index in [2.05, 4.69) is 34.1 Å². The summed E-state index contributed by atoms with van der Waals surface area (Å²) in [6.45, 7) is 4.41. The predicted octanol–water partition coefficient (Wildman–Crippen LogP) is 2.36. The SMILES string of the molecule is COC(=O)c1ccc(N2C(=O)C[C@H](N3CCN(CCCc4ccccc4)CC3)C2=O)cc1. The van der Waals surface area contributed by atoms with Gasteiger partial charge in [0, 0.05) is 26.2 Å². The molecule has 2 saturated heterocycles.